The predicted molar refractivity (Wildman–Crippen MR) is 61.5 cm³/mol. The van der Waals surface area contributed by atoms with Gasteiger partial charge in [0.25, 0.3) is 0 Å². The third-order valence-electron chi connectivity index (χ3n) is 3.00. The predicted octanol–water partition coefficient (Wildman–Crippen LogP) is 2.32. The van der Waals surface area contributed by atoms with Crippen molar-refractivity contribution in [3.63, 3.8) is 0 Å². The number of amides is 1. The third kappa shape index (κ3) is 1.80. The number of nitrogens with one attached hydrogen (secondary N) is 1. The molecule has 0 spiro atoms. The minimum absolute atomic E-state index is 0.0842. The van der Waals surface area contributed by atoms with E-state index in [-0.39, 0.29) is 5.91 Å². The van der Waals surface area contributed by atoms with Crippen LogP contribution in [0, 0.1) is 0 Å². The lowest BCUT2D eigenvalue weighted by Crippen LogP contribution is -2.18. The Kier molecular flexibility index (Phi) is 2.58. The molecule has 2 heteroatoms. The number of hydrogen-bond acceptors (Lipinski definition) is 1. The first kappa shape index (κ1) is 9.97. The first-order chi connectivity index (χ1) is 7.22. The highest BCUT2D eigenvalue weighted by Crippen LogP contribution is 2.37. The fourth-order valence-corrected chi connectivity index (χ4v) is 2.04. The number of fused-ring (bicyclic) bond motifs is 1. The van der Waals surface area contributed by atoms with Crippen LogP contribution in [0.5, 0.6) is 0 Å². The molecule has 1 aliphatic rings. The molecule has 0 saturated heterocycles. The van der Waals surface area contributed by atoms with Gasteiger partial charge in [0, 0.05) is 19.4 Å². The molecule has 2 rings (SSSR count). The van der Waals surface area contributed by atoms with Crippen molar-refractivity contribution < 1.29 is 4.79 Å². The largest absolute Gasteiger partial charge is 0.359 e. The molecule has 15 heavy (non-hydrogen) atoms. The molecule has 0 heterocycles. The summed E-state index contributed by atoms with van der Waals surface area (Å²) >= 11 is 0. The lowest BCUT2D eigenvalue weighted by molar-refractivity contribution is -0.119. The molecule has 0 fully saturated rings. The zero-order chi connectivity index (χ0) is 10.8. The van der Waals surface area contributed by atoms with Gasteiger partial charge in [0.15, 0.2) is 0 Å². The Morgan fingerprint density at radius 3 is 2.80 bits per heavy atom. The molecule has 1 unspecified atom stereocenters. The smallest absolute Gasteiger partial charge is 0.223 e. The van der Waals surface area contributed by atoms with Crippen molar-refractivity contribution in [3.05, 3.63) is 41.0 Å². The normalized spacial score (nSPS) is 18.3. The van der Waals surface area contributed by atoms with E-state index < -0.39 is 0 Å². The van der Waals surface area contributed by atoms with Gasteiger partial charge in [-0.2, -0.15) is 0 Å². The molecule has 0 radical (unpaired) electrons. The molecular formula is C13H15NO. The van der Waals surface area contributed by atoms with Gasteiger partial charge in [-0.25, -0.2) is 0 Å². The van der Waals surface area contributed by atoms with Gasteiger partial charge in [-0.15, -0.1) is 0 Å². The molecule has 78 valence electrons. The average Bonchev–Trinajstić information content (AvgIpc) is 2.57. The average molecular weight is 201 g/mol. The SMILES string of the molecule is CNC(=O)CC1=Cc2ccccc2C1C. The molecule has 1 N–H and O–H groups in total. The molecule has 1 aromatic rings. The van der Waals surface area contributed by atoms with Crippen molar-refractivity contribution in [2.75, 3.05) is 7.05 Å². The summed E-state index contributed by atoms with van der Waals surface area (Å²) in [6.07, 6.45) is 2.64. The second-order valence-corrected chi connectivity index (χ2v) is 3.92. The molecule has 0 aliphatic heterocycles. The second-order valence-electron chi connectivity index (χ2n) is 3.92. The molecule has 0 aromatic heterocycles. The summed E-state index contributed by atoms with van der Waals surface area (Å²) in [6, 6.07) is 8.31. The zero-order valence-corrected chi connectivity index (χ0v) is 9.08. The number of carbonyl (C=O) groups is 1. The van der Waals surface area contributed by atoms with Gasteiger partial charge in [0.2, 0.25) is 5.91 Å². The molecule has 1 aromatic carbocycles. The lowest BCUT2D eigenvalue weighted by Gasteiger charge is -2.09. The maximum absolute atomic E-state index is 11.3. The number of hydrogen-bond donors (Lipinski definition) is 1. The summed E-state index contributed by atoms with van der Waals surface area (Å²) < 4.78 is 0. The van der Waals surface area contributed by atoms with E-state index in [9.17, 15) is 4.79 Å². The summed E-state index contributed by atoms with van der Waals surface area (Å²) in [5, 5.41) is 2.66. The van der Waals surface area contributed by atoms with Gasteiger partial charge in [-0.3, -0.25) is 4.79 Å². The van der Waals surface area contributed by atoms with Crippen molar-refractivity contribution in [1.29, 1.82) is 0 Å². The molecule has 0 bridgehead atoms. The van der Waals surface area contributed by atoms with E-state index in [1.54, 1.807) is 7.05 Å². The van der Waals surface area contributed by atoms with Crippen molar-refractivity contribution in [3.8, 4) is 0 Å². The summed E-state index contributed by atoms with van der Waals surface area (Å²) in [5.74, 6) is 0.458. The summed E-state index contributed by atoms with van der Waals surface area (Å²) in [4.78, 5) is 11.3. The van der Waals surface area contributed by atoms with Crippen molar-refractivity contribution in [1.82, 2.24) is 5.32 Å². The molecule has 1 atom stereocenters. The van der Waals surface area contributed by atoms with Gasteiger partial charge in [-0.05, 0) is 11.1 Å². The monoisotopic (exact) mass is 201 g/mol. The molecule has 0 saturated carbocycles. The molecule has 2 nitrogen and oxygen atoms in total. The van der Waals surface area contributed by atoms with E-state index in [1.807, 2.05) is 12.1 Å². The van der Waals surface area contributed by atoms with Crippen LogP contribution in [0.25, 0.3) is 6.08 Å². The second kappa shape index (κ2) is 3.89. The number of carbonyl (C=O) groups excluding carboxylic acids is 1. The summed E-state index contributed by atoms with van der Waals surface area (Å²) in [6.45, 7) is 2.15. The molecular weight excluding hydrogens is 186 g/mol. The van der Waals surface area contributed by atoms with Crippen LogP contribution in [-0.2, 0) is 4.79 Å². The Bertz CT molecular complexity index is 420. The Balaban J connectivity index is 2.23. The van der Waals surface area contributed by atoms with Gasteiger partial charge in [-0.1, -0.05) is 42.8 Å². The van der Waals surface area contributed by atoms with Gasteiger partial charge >= 0.3 is 0 Å². The van der Waals surface area contributed by atoms with E-state index >= 15 is 0 Å². The summed E-state index contributed by atoms with van der Waals surface area (Å²) in [7, 11) is 1.68. The first-order valence-corrected chi connectivity index (χ1v) is 5.22. The fourth-order valence-electron chi connectivity index (χ4n) is 2.04. The Hall–Kier alpha value is -1.57. The number of benzene rings is 1. The Morgan fingerprint density at radius 2 is 2.13 bits per heavy atom. The third-order valence-corrected chi connectivity index (χ3v) is 3.00. The van der Waals surface area contributed by atoms with Crippen LogP contribution >= 0.6 is 0 Å². The molecule has 1 aliphatic carbocycles. The standard InChI is InChI=1S/C13H15NO/c1-9-11(8-13(15)14-2)7-10-5-3-4-6-12(9)10/h3-7,9H,8H2,1-2H3,(H,14,15). The minimum atomic E-state index is 0.0842. The van der Waals surface area contributed by atoms with Crippen LogP contribution in [0.1, 0.15) is 30.4 Å². The highest BCUT2D eigenvalue weighted by molar-refractivity contribution is 5.82. The van der Waals surface area contributed by atoms with E-state index in [0.717, 1.165) is 0 Å². The minimum Gasteiger partial charge on any atom is -0.359 e. The quantitative estimate of drug-likeness (QED) is 0.781. The summed E-state index contributed by atoms with van der Waals surface area (Å²) in [5.41, 5.74) is 3.79. The van der Waals surface area contributed by atoms with Gasteiger partial charge in [0.1, 0.15) is 0 Å². The van der Waals surface area contributed by atoms with Crippen molar-refractivity contribution in [2.45, 2.75) is 19.3 Å². The molecule has 1 amide bonds. The topological polar surface area (TPSA) is 29.1 Å². The van der Waals surface area contributed by atoms with Gasteiger partial charge < -0.3 is 5.32 Å². The lowest BCUT2D eigenvalue weighted by atomic mass is 9.96. The van der Waals surface area contributed by atoms with Crippen molar-refractivity contribution in [2.24, 2.45) is 0 Å². The Morgan fingerprint density at radius 1 is 1.40 bits per heavy atom. The van der Waals surface area contributed by atoms with Crippen LogP contribution in [0.15, 0.2) is 29.8 Å². The van der Waals surface area contributed by atoms with E-state index in [4.69, 9.17) is 0 Å². The van der Waals surface area contributed by atoms with E-state index in [2.05, 4.69) is 30.4 Å². The van der Waals surface area contributed by atoms with Crippen molar-refractivity contribution >= 4 is 12.0 Å². The van der Waals surface area contributed by atoms with Gasteiger partial charge in [0.05, 0.1) is 0 Å². The number of rotatable bonds is 2. The highest BCUT2D eigenvalue weighted by atomic mass is 16.1. The first-order valence-electron chi connectivity index (χ1n) is 5.22. The highest BCUT2D eigenvalue weighted by Gasteiger charge is 2.21. The maximum Gasteiger partial charge on any atom is 0.223 e. The fraction of sp³-hybridized carbons (Fsp3) is 0.308. The Labute approximate surface area is 90.0 Å². The zero-order valence-electron chi connectivity index (χ0n) is 9.08. The maximum atomic E-state index is 11.3. The van der Waals surface area contributed by atoms with Crippen LogP contribution < -0.4 is 5.32 Å². The van der Waals surface area contributed by atoms with Crippen LogP contribution in [0.3, 0.4) is 0 Å². The van der Waals surface area contributed by atoms with Crippen LogP contribution in [0.4, 0.5) is 0 Å². The van der Waals surface area contributed by atoms with Crippen LogP contribution in [-0.4, -0.2) is 13.0 Å². The van der Waals surface area contributed by atoms with Crippen LogP contribution in [0.2, 0.25) is 0 Å². The van der Waals surface area contributed by atoms with E-state index in [0.29, 0.717) is 12.3 Å². The van der Waals surface area contributed by atoms with E-state index in [1.165, 1.54) is 16.7 Å².